The zero-order valence-electron chi connectivity index (χ0n) is 22.5. The highest BCUT2D eigenvalue weighted by Gasteiger charge is 2.54. The quantitative estimate of drug-likeness (QED) is 0.458. The molecule has 36 heavy (non-hydrogen) atoms. The van der Waals surface area contributed by atoms with Gasteiger partial charge in [0.2, 0.25) is 5.91 Å². The molecule has 1 amide bonds. The number of benzene rings is 2. The SMILES string of the molecule is CC(C)c1ccc2c(c1)CCC1C(C)(C(N)=O)CCCC21C.CCOC(=O)c1c(C)cc(O)cc1O. The van der Waals surface area contributed by atoms with Gasteiger partial charge in [0.15, 0.2) is 0 Å². The van der Waals surface area contributed by atoms with Crippen molar-refractivity contribution in [2.45, 2.75) is 85.0 Å². The molecule has 0 spiro atoms. The van der Waals surface area contributed by atoms with Crippen molar-refractivity contribution < 1.29 is 24.5 Å². The smallest absolute Gasteiger partial charge is 0.342 e. The van der Waals surface area contributed by atoms with E-state index >= 15 is 0 Å². The molecule has 1 saturated carbocycles. The Balaban J connectivity index is 0.000000223. The summed E-state index contributed by atoms with van der Waals surface area (Å²) < 4.78 is 4.75. The number of phenolic OH excluding ortho intramolecular Hbond substituents is 2. The number of nitrogens with two attached hydrogens (primary N) is 1. The van der Waals surface area contributed by atoms with Gasteiger partial charge in [-0.15, -0.1) is 0 Å². The van der Waals surface area contributed by atoms with Crippen LogP contribution in [0.3, 0.4) is 0 Å². The molecule has 0 bridgehead atoms. The van der Waals surface area contributed by atoms with Gasteiger partial charge >= 0.3 is 5.97 Å². The Morgan fingerprint density at radius 1 is 1.14 bits per heavy atom. The summed E-state index contributed by atoms with van der Waals surface area (Å²) in [6.07, 6.45) is 5.39. The number of amides is 1. The molecule has 6 nitrogen and oxygen atoms in total. The fourth-order valence-electron chi connectivity index (χ4n) is 6.38. The lowest BCUT2D eigenvalue weighted by molar-refractivity contribution is -0.135. The predicted molar refractivity (Wildman–Crippen MR) is 141 cm³/mol. The largest absolute Gasteiger partial charge is 0.508 e. The Morgan fingerprint density at radius 3 is 2.42 bits per heavy atom. The van der Waals surface area contributed by atoms with E-state index < -0.39 is 5.97 Å². The molecule has 1 fully saturated rings. The number of carbonyl (C=O) groups is 2. The molecular formula is C30H41NO5. The van der Waals surface area contributed by atoms with Crippen molar-refractivity contribution in [2.24, 2.45) is 17.1 Å². The number of esters is 1. The van der Waals surface area contributed by atoms with Gasteiger partial charge in [-0.2, -0.15) is 0 Å². The topological polar surface area (TPSA) is 110 Å². The average molecular weight is 496 g/mol. The van der Waals surface area contributed by atoms with Crippen LogP contribution in [-0.2, 0) is 21.4 Å². The average Bonchev–Trinajstić information content (AvgIpc) is 2.78. The summed E-state index contributed by atoms with van der Waals surface area (Å²) in [5, 5.41) is 18.5. The van der Waals surface area contributed by atoms with Crippen LogP contribution in [0.4, 0.5) is 0 Å². The highest BCUT2D eigenvalue weighted by molar-refractivity contribution is 5.94. The molecule has 3 atom stereocenters. The first-order valence-electron chi connectivity index (χ1n) is 13.0. The van der Waals surface area contributed by atoms with Crippen LogP contribution in [0.15, 0.2) is 30.3 Å². The number of primary amides is 1. The summed E-state index contributed by atoms with van der Waals surface area (Å²) in [4.78, 5) is 23.5. The van der Waals surface area contributed by atoms with E-state index in [4.69, 9.17) is 15.6 Å². The van der Waals surface area contributed by atoms with Gasteiger partial charge in [0.25, 0.3) is 0 Å². The third-order valence-corrected chi connectivity index (χ3v) is 8.39. The first-order chi connectivity index (χ1) is 16.8. The van der Waals surface area contributed by atoms with E-state index in [1.165, 1.54) is 29.2 Å². The van der Waals surface area contributed by atoms with Gasteiger partial charge in [0, 0.05) is 11.5 Å². The van der Waals surface area contributed by atoms with Crippen LogP contribution in [0, 0.1) is 18.3 Å². The van der Waals surface area contributed by atoms with E-state index in [0.717, 1.165) is 31.7 Å². The number of aryl methyl sites for hydroxylation is 2. The summed E-state index contributed by atoms with van der Waals surface area (Å²) in [5.41, 5.74) is 10.6. The van der Waals surface area contributed by atoms with Gasteiger partial charge in [0.1, 0.15) is 17.1 Å². The highest BCUT2D eigenvalue weighted by atomic mass is 16.5. The fourth-order valence-corrected chi connectivity index (χ4v) is 6.38. The van der Waals surface area contributed by atoms with Crippen molar-refractivity contribution in [2.75, 3.05) is 6.61 Å². The van der Waals surface area contributed by atoms with Crippen LogP contribution in [-0.4, -0.2) is 28.7 Å². The van der Waals surface area contributed by atoms with E-state index in [1.54, 1.807) is 13.8 Å². The molecule has 196 valence electrons. The number of aromatic hydroxyl groups is 2. The monoisotopic (exact) mass is 495 g/mol. The van der Waals surface area contributed by atoms with Gasteiger partial charge in [-0.25, -0.2) is 4.79 Å². The molecule has 0 radical (unpaired) electrons. The summed E-state index contributed by atoms with van der Waals surface area (Å²) in [6, 6.07) is 9.53. The summed E-state index contributed by atoms with van der Waals surface area (Å²) in [5.74, 6) is -0.0797. The molecule has 0 aliphatic heterocycles. The number of hydrogen-bond donors (Lipinski definition) is 3. The highest BCUT2D eigenvalue weighted by Crippen LogP contribution is 2.57. The second-order valence-electron chi connectivity index (χ2n) is 11.1. The summed E-state index contributed by atoms with van der Waals surface area (Å²) >= 11 is 0. The normalized spacial score (nSPS) is 24.7. The van der Waals surface area contributed by atoms with Crippen molar-refractivity contribution in [1.82, 2.24) is 0 Å². The Hall–Kier alpha value is -3.02. The Labute approximate surface area is 214 Å². The minimum Gasteiger partial charge on any atom is -0.508 e. The maximum absolute atomic E-state index is 12.2. The van der Waals surface area contributed by atoms with Crippen LogP contribution in [0.25, 0.3) is 0 Å². The maximum atomic E-state index is 12.2. The third-order valence-electron chi connectivity index (χ3n) is 8.39. The zero-order valence-corrected chi connectivity index (χ0v) is 22.5. The van der Waals surface area contributed by atoms with Crippen molar-refractivity contribution in [3.63, 3.8) is 0 Å². The van der Waals surface area contributed by atoms with Crippen molar-refractivity contribution in [1.29, 1.82) is 0 Å². The van der Waals surface area contributed by atoms with Crippen LogP contribution in [0.2, 0.25) is 0 Å². The number of fused-ring (bicyclic) bond motifs is 3. The molecule has 2 aliphatic carbocycles. The number of carbonyl (C=O) groups excluding carboxylic acids is 2. The minimum atomic E-state index is -0.581. The van der Waals surface area contributed by atoms with E-state index in [0.29, 0.717) is 17.4 Å². The minimum absolute atomic E-state index is 0.0759. The van der Waals surface area contributed by atoms with E-state index in [9.17, 15) is 14.7 Å². The van der Waals surface area contributed by atoms with Crippen LogP contribution in [0.1, 0.15) is 98.8 Å². The summed E-state index contributed by atoms with van der Waals surface area (Å²) in [6.45, 7) is 12.5. The third kappa shape index (κ3) is 5.09. The van der Waals surface area contributed by atoms with E-state index in [1.807, 2.05) is 0 Å². The molecule has 0 aromatic heterocycles. The summed E-state index contributed by atoms with van der Waals surface area (Å²) in [7, 11) is 0. The first-order valence-corrected chi connectivity index (χ1v) is 13.0. The molecule has 2 aromatic rings. The molecule has 6 heteroatoms. The number of ether oxygens (including phenoxy) is 1. The van der Waals surface area contributed by atoms with Crippen molar-refractivity contribution >= 4 is 11.9 Å². The molecule has 3 unspecified atom stereocenters. The maximum Gasteiger partial charge on any atom is 0.342 e. The van der Waals surface area contributed by atoms with Crippen molar-refractivity contribution in [3.8, 4) is 11.5 Å². The lowest BCUT2D eigenvalue weighted by Gasteiger charge is -2.54. The molecule has 2 aromatic carbocycles. The van der Waals surface area contributed by atoms with Gasteiger partial charge in [-0.05, 0) is 85.1 Å². The molecule has 0 saturated heterocycles. The van der Waals surface area contributed by atoms with E-state index in [2.05, 4.69) is 45.9 Å². The Bertz CT molecular complexity index is 1120. The molecular weight excluding hydrogens is 454 g/mol. The number of phenols is 2. The molecule has 4 N–H and O–H groups in total. The number of hydrogen-bond acceptors (Lipinski definition) is 5. The Kier molecular flexibility index (Phi) is 8.07. The van der Waals surface area contributed by atoms with Crippen LogP contribution >= 0.6 is 0 Å². The van der Waals surface area contributed by atoms with Gasteiger partial charge in [0.05, 0.1) is 6.61 Å². The van der Waals surface area contributed by atoms with E-state index in [-0.39, 0.29) is 40.4 Å². The number of rotatable bonds is 4. The predicted octanol–water partition coefficient (Wildman–Crippen LogP) is 5.89. The Morgan fingerprint density at radius 2 is 1.83 bits per heavy atom. The lowest BCUT2D eigenvalue weighted by Crippen LogP contribution is -2.54. The van der Waals surface area contributed by atoms with Crippen LogP contribution in [0.5, 0.6) is 11.5 Å². The zero-order chi connectivity index (χ0) is 26.8. The van der Waals surface area contributed by atoms with Crippen molar-refractivity contribution in [3.05, 3.63) is 58.1 Å². The molecule has 0 heterocycles. The van der Waals surface area contributed by atoms with Crippen LogP contribution < -0.4 is 5.73 Å². The first kappa shape index (κ1) is 27.6. The van der Waals surface area contributed by atoms with Gasteiger partial charge in [-0.1, -0.05) is 52.3 Å². The fraction of sp³-hybridized carbons (Fsp3) is 0.533. The van der Waals surface area contributed by atoms with Gasteiger partial charge in [-0.3, -0.25) is 4.79 Å². The van der Waals surface area contributed by atoms with Gasteiger partial charge < -0.3 is 20.7 Å². The lowest BCUT2D eigenvalue weighted by atomic mass is 9.49. The standard InChI is InChI=1S/C20H29NO.C10H12O4/c1-13(2)14-6-8-16-15(12-14)7-9-17-19(16,3)10-5-11-20(17,4)18(21)22;1-3-14-10(13)9-6(2)4-7(11)5-8(9)12/h6,8,12-13,17H,5,7,9-11H2,1-4H3,(H2,21,22);4-5,11-12H,3H2,1-2H3. The molecule has 2 aliphatic rings. The second kappa shape index (κ2) is 10.5. The second-order valence-corrected chi connectivity index (χ2v) is 11.1. The molecule has 4 rings (SSSR count).